The van der Waals surface area contributed by atoms with Crippen LogP contribution in [0.3, 0.4) is 0 Å². The van der Waals surface area contributed by atoms with Gasteiger partial charge in [-0.25, -0.2) is 0 Å². The molecule has 3 nitrogen and oxygen atoms in total. The molecule has 0 radical (unpaired) electrons. The smallest absolute Gasteiger partial charge is 0.307 e. The maximum atomic E-state index is 15.0. The van der Waals surface area contributed by atoms with E-state index in [1.807, 2.05) is 0 Å². The minimum atomic E-state index is -5.52. The van der Waals surface area contributed by atoms with Crippen LogP contribution in [0.2, 0.25) is 0 Å². The van der Waals surface area contributed by atoms with Gasteiger partial charge in [-0.05, 0) is 95.1 Å². The number of nitriles is 1. The highest BCUT2D eigenvalue weighted by atomic mass is 19.4. The molecule has 0 spiro atoms. The number of aromatic nitrogens is 2. The molecule has 0 unspecified atom stereocenters. The average molecular weight is 1070 g/mol. The molecule has 0 N–H and O–H groups in total. The lowest BCUT2D eigenvalue weighted by Crippen LogP contribution is -2.15. The molecule has 0 aliphatic rings. The summed E-state index contributed by atoms with van der Waals surface area (Å²) in [6.45, 7) is 0. The van der Waals surface area contributed by atoms with Gasteiger partial charge in [-0.1, -0.05) is 78.9 Å². The van der Waals surface area contributed by atoms with Gasteiger partial charge in [-0.15, -0.1) is 0 Å². The largest absolute Gasteiger partial charge is 0.417 e. The molecule has 0 saturated heterocycles. The lowest BCUT2D eigenvalue weighted by Gasteiger charge is -2.23. The molecule has 0 amide bonds. The van der Waals surface area contributed by atoms with E-state index in [0.717, 1.165) is 30.3 Å². The van der Waals surface area contributed by atoms with Crippen LogP contribution >= 0.6 is 0 Å². The van der Waals surface area contributed by atoms with E-state index in [2.05, 4.69) is 0 Å². The number of halogens is 18. The van der Waals surface area contributed by atoms with Gasteiger partial charge in [0.05, 0.1) is 78.5 Å². The normalized spacial score (nSPS) is 13.1. The van der Waals surface area contributed by atoms with Gasteiger partial charge in [-0.3, -0.25) is 0 Å². The van der Waals surface area contributed by atoms with Crippen LogP contribution in [0.25, 0.3) is 88.4 Å². The van der Waals surface area contributed by atoms with Crippen molar-refractivity contribution in [2.24, 2.45) is 0 Å². The molecule has 8 aromatic carbocycles. The topological polar surface area (TPSA) is 33.6 Å². The van der Waals surface area contributed by atoms with Gasteiger partial charge >= 0.3 is 37.1 Å². The van der Waals surface area contributed by atoms with Crippen molar-refractivity contribution in [3.05, 3.63) is 191 Å². The van der Waals surface area contributed by atoms with Gasteiger partial charge in [0, 0.05) is 32.7 Å². The molecule has 0 aliphatic carbocycles. The predicted octanol–water partition coefficient (Wildman–Crippen LogP) is 18.9. The van der Waals surface area contributed by atoms with Crippen molar-refractivity contribution in [2.75, 3.05) is 0 Å². The molecule has 2 heterocycles. The summed E-state index contributed by atoms with van der Waals surface area (Å²) in [5, 5.41) is 11.8. The Morgan fingerprint density at radius 3 is 1.08 bits per heavy atom. The Kier molecular flexibility index (Phi) is 11.6. The Morgan fingerprint density at radius 1 is 0.316 bits per heavy atom. The van der Waals surface area contributed by atoms with E-state index in [-0.39, 0.29) is 67.2 Å². The molecule has 0 fully saturated rings. The van der Waals surface area contributed by atoms with E-state index in [9.17, 15) is 57.9 Å². The summed E-state index contributed by atoms with van der Waals surface area (Å²) in [5.41, 5.74) is -16.6. The minimum Gasteiger partial charge on any atom is -0.307 e. The van der Waals surface area contributed by atoms with Gasteiger partial charge in [0.25, 0.3) is 0 Å². The minimum absolute atomic E-state index is 0.0719. The quantitative estimate of drug-likeness (QED) is 0.158. The summed E-state index contributed by atoms with van der Waals surface area (Å²) >= 11 is 0. The Morgan fingerprint density at radius 2 is 0.697 bits per heavy atom. The van der Waals surface area contributed by atoms with Crippen LogP contribution in [-0.2, 0) is 37.1 Å². The lowest BCUT2D eigenvalue weighted by molar-refractivity contribution is -0.144. The van der Waals surface area contributed by atoms with Crippen LogP contribution in [-0.4, -0.2) is 9.13 Å². The third kappa shape index (κ3) is 8.68. The Balaban J connectivity index is 1.38. The molecule has 0 aliphatic heterocycles. The van der Waals surface area contributed by atoms with E-state index in [1.54, 1.807) is 12.1 Å². The average Bonchev–Trinajstić information content (AvgIpc) is 3.93. The second kappa shape index (κ2) is 17.3. The second-order valence-corrected chi connectivity index (χ2v) is 17.4. The summed E-state index contributed by atoms with van der Waals surface area (Å²) in [6.07, 6.45) is -32.2. The van der Waals surface area contributed by atoms with Gasteiger partial charge in [0.15, 0.2) is 0 Å². The Hall–Kier alpha value is -8.41. The summed E-state index contributed by atoms with van der Waals surface area (Å²) in [4.78, 5) is 0. The first-order chi connectivity index (χ1) is 35.5. The van der Waals surface area contributed by atoms with Crippen LogP contribution in [0.1, 0.15) is 38.9 Å². The summed E-state index contributed by atoms with van der Waals surface area (Å²) in [6, 6.07) is 25.6. The van der Waals surface area contributed by atoms with Crippen molar-refractivity contribution in [3.8, 4) is 50.8 Å². The van der Waals surface area contributed by atoms with Crippen LogP contribution in [0.4, 0.5) is 79.0 Å². The van der Waals surface area contributed by atoms with Crippen molar-refractivity contribution < 1.29 is 79.0 Å². The Labute approximate surface area is 414 Å². The monoisotopic (exact) mass is 1070 g/mol. The maximum absolute atomic E-state index is 15.0. The molecular formula is C55H25F18N3. The van der Waals surface area contributed by atoms with Crippen LogP contribution < -0.4 is 0 Å². The summed E-state index contributed by atoms with van der Waals surface area (Å²) < 4.78 is 264. The van der Waals surface area contributed by atoms with E-state index in [4.69, 9.17) is 0 Å². The first-order valence-electron chi connectivity index (χ1n) is 22.0. The third-order valence-electron chi connectivity index (χ3n) is 12.9. The molecule has 0 saturated carbocycles. The molecule has 76 heavy (non-hydrogen) atoms. The zero-order valence-electron chi connectivity index (χ0n) is 37.6. The van der Waals surface area contributed by atoms with E-state index < -0.39 is 104 Å². The third-order valence-corrected chi connectivity index (χ3v) is 12.9. The fourth-order valence-corrected chi connectivity index (χ4v) is 9.76. The highest BCUT2D eigenvalue weighted by molar-refractivity contribution is 6.13. The number of fused-ring (bicyclic) bond motifs is 6. The zero-order chi connectivity index (χ0) is 54.8. The van der Waals surface area contributed by atoms with Gasteiger partial charge < -0.3 is 9.13 Å². The van der Waals surface area contributed by atoms with Crippen LogP contribution in [0.5, 0.6) is 0 Å². The van der Waals surface area contributed by atoms with Crippen LogP contribution in [0.15, 0.2) is 152 Å². The van der Waals surface area contributed by atoms with Crippen molar-refractivity contribution in [2.45, 2.75) is 37.1 Å². The standard InChI is InChI=1S/C55H25F18N3/c56-50(57,58)30-14-18-32(41(23-30)54(68,69)70)27-12-16-36-34-6-1-3-10-43(34)75(45(36)20-27)47-22-29(26-74)38(49-39(52(62,63)64)8-5-9-40(49)53(65,66)67)25-48(47)76-44-11-4-2-7-35(44)37-17-13-28(21-46(37)76)33-19-15-31(51(59,60)61)24-42(33)55(71,72)73/h1-25H. The molecule has 386 valence electrons. The molecule has 2 aromatic heterocycles. The van der Waals surface area contributed by atoms with E-state index >= 15 is 26.3 Å². The molecule has 10 rings (SSSR count). The molecule has 21 heteroatoms. The maximum Gasteiger partial charge on any atom is 0.417 e. The lowest BCUT2D eigenvalue weighted by atomic mass is 9.89. The fourth-order valence-electron chi connectivity index (χ4n) is 9.76. The second-order valence-electron chi connectivity index (χ2n) is 17.4. The van der Waals surface area contributed by atoms with E-state index in [0.29, 0.717) is 47.9 Å². The Bertz CT molecular complexity index is 4010. The molecular weight excluding hydrogens is 1040 g/mol. The van der Waals surface area contributed by atoms with Crippen molar-refractivity contribution in [3.63, 3.8) is 0 Å². The number of rotatable bonds is 5. The highest BCUT2D eigenvalue weighted by Gasteiger charge is 2.43. The van der Waals surface area contributed by atoms with Crippen molar-refractivity contribution in [1.82, 2.24) is 9.13 Å². The van der Waals surface area contributed by atoms with Gasteiger partial charge in [0.1, 0.15) is 0 Å². The SMILES string of the molecule is N#Cc1cc(-n2c3ccccc3c3ccc(-c4ccc(C(F)(F)F)cc4C(F)(F)F)cc32)c(-n2c3ccccc3c3ccc(-c4ccc(C(F)(F)F)cc4C(F)(F)F)cc32)cc1-c1c(C(F)(F)F)cccc1C(F)(F)F. The number of nitrogens with zero attached hydrogens (tertiary/aromatic N) is 3. The van der Waals surface area contributed by atoms with Gasteiger partial charge in [-0.2, -0.15) is 84.3 Å². The van der Waals surface area contributed by atoms with Crippen molar-refractivity contribution in [1.29, 1.82) is 5.26 Å². The first-order valence-corrected chi connectivity index (χ1v) is 22.0. The summed E-state index contributed by atoms with van der Waals surface area (Å²) in [5.74, 6) is 0. The van der Waals surface area contributed by atoms with Gasteiger partial charge in [0.2, 0.25) is 0 Å². The zero-order valence-corrected chi connectivity index (χ0v) is 37.6. The van der Waals surface area contributed by atoms with E-state index in [1.165, 1.54) is 69.8 Å². The first kappa shape index (κ1) is 51.1. The number of para-hydroxylation sites is 2. The summed E-state index contributed by atoms with van der Waals surface area (Å²) in [7, 11) is 0. The number of alkyl halides is 18. The number of hydrogen-bond donors (Lipinski definition) is 0. The predicted molar refractivity (Wildman–Crippen MR) is 246 cm³/mol. The molecule has 10 aromatic rings. The number of benzene rings is 8. The van der Waals surface area contributed by atoms with Crippen LogP contribution in [0, 0.1) is 11.3 Å². The van der Waals surface area contributed by atoms with Crippen molar-refractivity contribution >= 4 is 43.6 Å². The molecule has 0 atom stereocenters. The molecule has 0 bridgehead atoms. The highest BCUT2D eigenvalue weighted by Crippen LogP contribution is 2.50. The number of hydrogen-bond acceptors (Lipinski definition) is 1. The fraction of sp³-hybridized carbons (Fsp3) is 0.109.